The molecule has 0 radical (unpaired) electrons. The molecule has 0 unspecified atom stereocenters. The summed E-state index contributed by atoms with van der Waals surface area (Å²) < 4.78 is 0. The lowest BCUT2D eigenvalue weighted by Gasteiger charge is -2.16. The summed E-state index contributed by atoms with van der Waals surface area (Å²) in [6.07, 6.45) is 3.22. The standard InChI is InChI=1S/C11H16N4O/c1-4-5-12-10-6-11(14-8-13-10)15(3)7-9(2)16/h4,6,8H,1,5,7H2,2-3H3,(H,12,13,14). The lowest BCUT2D eigenvalue weighted by Crippen LogP contribution is -2.24. The quantitative estimate of drug-likeness (QED) is 0.727. The summed E-state index contributed by atoms with van der Waals surface area (Å²) in [4.78, 5) is 20.9. The Morgan fingerprint density at radius 3 is 3.00 bits per heavy atom. The molecule has 1 heterocycles. The SMILES string of the molecule is C=CCNc1cc(N(C)CC(C)=O)ncn1. The molecule has 0 bridgehead atoms. The molecule has 1 N–H and O–H groups in total. The number of carbonyl (C=O) groups is 1. The van der Waals surface area contributed by atoms with Gasteiger partial charge >= 0.3 is 0 Å². The van der Waals surface area contributed by atoms with Crippen LogP contribution < -0.4 is 10.2 Å². The van der Waals surface area contributed by atoms with Gasteiger partial charge in [-0.05, 0) is 6.92 Å². The molecule has 1 rings (SSSR count). The number of hydrogen-bond acceptors (Lipinski definition) is 5. The molecule has 0 atom stereocenters. The first-order valence-electron chi connectivity index (χ1n) is 5.01. The molecule has 16 heavy (non-hydrogen) atoms. The van der Waals surface area contributed by atoms with E-state index in [0.29, 0.717) is 13.1 Å². The van der Waals surface area contributed by atoms with E-state index in [1.165, 1.54) is 6.33 Å². The van der Waals surface area contributed by atoms with E-state index in [0.717, 1.165) is 11.6 Å². The van der Waals surface area contributed by atoms with E-state index in [1.54, 1.807) is 24.0 Å². The van der Waals surface area contributed by atoms with Crippen LogP contribution in [-0.4, -0.2) is 35.9 Å². The maximum Gasteiger partial charge on any atom is 0.149 e. The second-order valence-electron chi connectivity index (χ2n) is 3.49. The molecule has 0 amide bonds. The smallest absolute Gasteiger partial charge is 0.149 e. The van der Waals surface area contributed by atoms with E-state index in [4.69, 9.17) is 0 Å². The molecule has 0 spiro atoms. The number of rotatable bonds is 6. The minimum Gasteiger partial charge on any atom is -0.366 e. The van der Waals surface area contributed by atoms with Gasteiger partial charge in [0.05, 0.1) is 6.54 Å². The minimum atomic E-state index is 0.0988. The van der Waals surface area contributed by atoms with Crippen molar-refractivity contribution in [2.45, 2.75) is 6.92 Å². The van der Waals surface area contributed by atoms with Gasteiger partial charge in [-0.15, -0.1) is 6.58 Å². The molecule has 0 fully saturated rings. The fourth-order valence-corrected chi connectivity index (χ4v) is 1.24. The van der Waals surface area contributed by atoms with Gasteiger partial charge in [-0.1, -0.05) is 6.08 Å². The van der Waals surface area contributed by atoms with Crippen LogP contribution in [0.25, 0.3) is 0 Å². The molecule has 0 saturated carbocycles. The molecule has 86 valence electrons. The predicted molar refractivity (Wildman–Crippen MR) is 64.7 cm³/mol. The number of nitrogens with zero attached hydrogens (tertiary/aromatic N) is 3. The van der Waals surface area contributed by atoms with Gasteiger partial charge in [0.25, 0.3) is 0 Å². The highest BCUT2D eigenvalue weighted by molar-refractivity contribution is 5.80. The van der Waals surface area contributed by atoms with Crippen molar-refractivity contribution < 1.29 is 4.79 Å². The van der Waals surface area contributed by atoms with E-state index < -0.39 is 0 Å². The van der Waals surface area contributed by atoms with Crippen LogP contribution >= 0.6 is 0 Å². The molecular formula is C11H16N4O. The Labute approximate surface area is 95.2 Å². The van der Waals surface area contributed by atoms with E-state index in [1.807, 2.05) is 7.05 Å². The molecular weight excluding hydrogens is 204 g/mol. The summed E-state index contributed by atoms with van der Waals surface area (Å²) in [6, 6.07) is 1.80. The van der Waals surface area contributed by atoms with Gasteiger partial charge in [0, 0.05) is 19.7 Å². The van der Waals surface area contributed by atoms with Gasteiger partial charge in [-0.2, -0.15) is 0 Å². The Kier molecular flexibility index (Phi) is 4.44. The van der Waals surface area contributed by atoms with Crippen molar-refractivity contribution in [3.63, 3.8) is 0 Å². The summed E-state index contributed by atoms with van der Waals surface area (Å²) >= 11 is 0. The molecule has 5 nitrogen and oxygen atoms in total. The highest BCUT2D eigenvalue weighted by atomic mass is 16.1. The van der Waals surface area contributed by atoms with Gasteiger partial charge in [0.1, 0.15) is 23.7 Å². The van der Waals surface area contributed by atoms with Crippen molar-refractivity contribution in [3.05, 3.63) is 25.0 Å². The second-order valence-corrected chi connectivity index (χ2v) is 3.49. The lowest BCUT2D eigenvalue weighted by atomic mass is 10.4. The number of carbonyl (C=O) groups excluding carboxylic acids is 1. The average Bonchev–Trinajstić information content (AvgIpc) is 2.26. The fourth-order valence-electron chi connectivity index (χ4n) is 1.24. The molecule has 5 heteroatoms. The van der Waals surface area contributed by atoms with Crippen LogP contribution in [0.5, 0.6) is 0 Å². The maximum atomic E-state index is 11.0. The average molecular weight is 220 g/mol. The summed E-state index contributed by atoms with van der Waals surface area (Å²) in [5.74, 6) is 1.54. The minimum absolute atomic E-state index is 0.0988. The van der Waals surface area contributed by atoms with Crippen molar-refractivity contribution in [1.29, 1.82) is 0 Å². The first-order valence-corrected chi connectivity index (χ1v) is 5.01. The van der Waals surface area contributed by atoms with Gasteiger partial charge < -0.3 is 10.2 Å². The van der Waals surface area contributed by atoms with Crippen LogP contribution in [0.2, 0.25) is 0 Å². The number of anilines is 2. The largest absolute Gasteiger partial charge is 0.366 e. The van der Waals surface area contributed by atoms with Crippen molar-refractivity contribution in [2.75, 3.05) is 30.4 Å². The number of nitrogens with one attached hydrogen (secondary N) is 1. The Morgan fingerprint density at radius 1 is 1.62 bits per heavy atom. The normalized spacial score (nSPS) is 9.62. The summed E-state index contributed by atoms with van der Waals surface area (Å²) in [6.45, 7) is 6.15. The highest BCUT2D eigenvalue weighted by Crippen LogP contribution is 2.11. The fraction of sp³-hybridized carbons (Fsp3) is 0.364. The number of Topliss-reactive ketones (excluding diaryl/α,β-unsaturated/α-hetero) is 1. The monoisotopic (exact) mass is 220 g/mol. The van der Waals surface area contributed by atoms with Crippen molar-refractivity contribution in [2.24, 2.45) is 0 Å². The third-order valence-corrected chi connectivity index (χ3v) is 1.93. The van der Waals surface area contributed by atoms with Crippen LogP contribution in [0.1, 0.15) is 6.92 Å². The third-order valence-electron chi connectivity index (χ3n) is 1.93. The summed E-state index contributed by atoms with van der Waals surface area (Å²) in [5.41, 5.74) is 0. The number of hydrogen-bond donors (Lipinski definition) is 1. The number of likely N-dealkylation sites (N-methyl/N-ethyl adjacent to an activating group) is 1. The summed E-state index contributed by atoms with van der Waals surface area (Å²) in [7, 11) is 1.82. The van der Waals surface area contributed by atoms with E-state index in [2.05, 4.69) is 21.9 Å². The van der Waals surface area contributed by atoms with E-state index >= 15 is 0 Å². The van der Waals surface area contributed by atoms with Crippen molar-refractivity contribution in [1.82, 2.24) is 9.97 Å². The zero-order valence-corrected chi connectivity index (χ0v) is 9.60. The van der Waals surface area contributed by atoms with Crippen molar-refractivity contribution >= 4 is 17.4 Å². The zero-order chi connectivity index (χ0) is 12.0. The summed E-state index contributed by atoms with van der Waals surface area (Å²) in [5, 5.41) is 3.06. The molecule has 0 aromatic carbocycles. The first kappa shape index (κ1) is 12.2. The molecule has 1 aromatic heterocycles. The molecule has 1 aromatic rings. The predicted octanol–water partition coefficient (Wildman–Crippen LogP) is 1.10. The Morgan fingerprint density at radius 2 is 2.38 bits per heavy atom. The van der Waals surface area contributed by atoms with Gasteiger partial charge in [-0.3, -0.25) is 4.79 Å². The van der Waals surface area contributed by atoms with Crippen LogP contribution in [0.15, 0.2) is 25.0 Å². The Bertz CT molecular complexity index is 378. The lowest BCUT2D eigenvalue weighted by molar-refractivity contribution is -0.115. The van der Waals surface area contributed by atoms with Crippen LogP contribution in [0, 0.1) is 0 Å². The highest BCUT2D eigenvalue weighted by Gasteiger charge is 2.05. The van der Waals surface area contributed by atoms with Gasteiger partial charge in [0.2, 0.25) is 0 Å². The second kappa shape index (κ2) is 5.85. The van der Waals surface area contributed by atoms with Crippen molar-refractivity contribution in [3.8, 4) is 0 Å². The van der Waals surface area contributed by atoms with E-state index in [9.17, 15) is 4.79 Å². The van der Waals surface area contributed by atoms with Gasteiger partial charge in [0.15, 0.2) is 0 Å². The zero-order valence-electron chi connectivity index (χ0n) is 9.60. The Hall–Kier alpha value is -1.91. The topological polar surface area (TPSA) is 58.1 Å². The molecule has 0 aliphatic carbocycles. The maximum absolute atomic E-state index is 11.0. The number of ketones is 1. The van der Waals surface area contributed by atoms with Crippen LogP contribution in [0.4, 0.5) is 11.6 Å². The van der Waals surface area contributed by atoms with Crippen LogP contribution in [0.3, 0.4) is 0 Å². The molecule has 0 saturated heterocycles. The molecule has 0 aliphatic rings. The van der Waals surface area contributed by atoms with Crippen LogP contribution in [-0.2, 0) is 4.79 Å². The number of aromatic nitrogens is 2. The molecule has 0 aliphatic heterocycles. The van der Waals surface area contributed by atoms with E-state index in [-0.39, 0.29) is 5.78 Å². The first-order chi connectivity index (χ1) is 7.63. The Balaban J connectivity index is 2.72. The van der Waals surface area contributed by atoms with Gasteiger partial charge in [-0.25, -0.2) is 9.97 Å². The third kappa shape index (κ3) is 3.68.